The zero-order valence-corrected chi connectivity index (χ0v) is 18.0. The van der Waals surface area contributed by atoms with Crippen LogP contribution < -0.4 is 16.4 Å². The summed E-state index contributed by atoms with van der Waals surface area (Å²) in [5.74, 6) is 0.0941. The van der Waals surface area contributed by atoms with Crippen molar-refractivity contribution >= 4 is 29.3 Å². The van der Waals surface area contributed by atoms with Gasteiger partial charge in [0.05, 0.1) is 0 Å². The van der Waals surface area contributed by atoms with Gasteiger partial charge in [-0.15, -0.1) is 10.2 Å². The van der Waals surface area contributed by atoms with E-state index in [2.05, 4.69) is 46.2 Å². The fraction of sp³-hybridized carbons (Fsp3) is 0.409. The first-order valence-corrected chi connectivity index (χ1v) is 10.5. The van der Waals surface area contributed by atoms with E-state index in [1.807, 2.05) is 29.2 Å². The van der Waals surface area contributed by atoms with E-state index in [0.29, 0.717) is 19.0 Å². The average molecular weight is 424 g/mol. The molecule has 0 radical (unpaired) electrons. The summed E-state index contributed by atoms with van der Waals surface area (Å²) in [4.78, 5) is 30.1. The fourth-order valence-electron chi connectivity index (χ4n) is 3.57. The molecule has 31 heavy (non-hydrogen) atoms. The number of amides is 2. The molecular weight excluding hydrogens is 394 g/mol. The average Bonchev–Trinajstić information content (AvgIpc) is 2.77. The molecule has 0 bridgehead atoms. The first kappa shape index (κ1) is 22.2. The molecule has 164 valence electrons. The maximum atomic E-state index is 12.1. The number of nitrogens with two attached hydrogens (primary N) is 1. The molecule has 0 aliphatic carbocycles. The molecule has 1 atom stereocenters. The van der Waals surface area contributed by atoms with Crippen molar-refractivity contribution in [1.82, 2.24) is 20.1 Å². The molecule has 2 aromatic rings. The molecule has 1 aromatic carbocycles. The van der Waals surface area contributed by atoms with Crippen molar-refractivity contribution in [2.24, 2.45) is 5.73 Å². The summed E-state index contributed by atoms with van der Waals surface area (Å²) >= 11 is 0. The lowest BCUT2D eigenvalue weighted by Gasteiger charge is -2.35. The van der Waals surface area contributed by atoms with E-state index in [9.17, 15) is 9.59 Å². The monoisotopic (exact) mass is 423 g/mol. The maximum absolute atomic E-state index is 12.1. The summed E-state index contributed by atoms with van der Waals surface area (Å²) in [6, 6.07) is 7.86. The van der Waals surface area contributed by atoms with Gasteiger partial charge in [0.1, 0.15) is 0 Å². The highest BCUT2D eigenvalue weighted by Crippen LogP contribution is 2.22. The minimum Gasteiger partial charge on any atom is -0.364 e. The van der Waals surface area contributed by atoms with Gasteiger partial charge in [0.2, 0.25) is 11.9 Å². The van der Waals surface area contributed by atoms with Crippen molar-refractivity contribution in [3.05, 3.63) is 48.2 Å². The fourth-order valence-corrected chi connectivity index (χ4v) is 3.57. The van der Waals surface area contributed by atoms with E-state index in [1.54, 1.807) is 0 Å². The smallest absolute Gasteiger partial charge is 0.273 e. The first-order chi connectivity index (χ1) is 14.9. The van der Waals surface area contributed by atoms with Crippen LogP contribution in [0, 0.1) is 0 Å². The Morgan fingerprint density at radius 2 is 2.00 bits per heavy atom. The SMILES string of the molecule is C=CC(=O)N1CCCCC1CNc1nnc(C(N)=O)c(Nc2ccc(C(C)C)cc2)n1. The molecule has 1 aliphatic rings. The van der Waals surface area contributed by atoms with E-state index in [-0.39, 0.29) is 29.4 Å². The van der Waals surface area contributed by atoms with Gasteiger partial charge in [-0.2, -0.15) is 4.98 Å². The van der Waals surface area contributed by atoms with Crippen LogP contribution in [0.15, 0.2) is 36.9 Å². The van der Waals surface area contributed by atoms with Gasteiger partial charge < -0.3 is 21.3 Å². The maximum Gasteiger partial charge on any atom is 0.273 e. The van der Waals surface area contributed by atoms with Gasteiger partial charge in [-0.3, -0.25) is 9.59 Å². The van der Waals surface area contributed by atoms with Gasteiger partial charge in [0, 0.05) is 24.8 Å². The van der Waals surface area contributed by atoms with Crippen LogP contribution in [0.3, 0.4) is 0 Å². The third-order valence-electron chi connectivity index (χ3n) is 5.34. The quantitative estimate of drug-likeness (QED) is 0.557. The van der Waals surface area contributed by atoms with Crippen LogP contribution in [0.25, 0.3) is 0 Å². The normalized spacial score (nSPS) is 16.1. The Hall–Kier alpha value is -3.49. The number of anilines is 3. The van der Waals surface area contributed by atoms with Gasteiger partial charge in [-0.05, 0) is 49.0 Å². The number of nitrogens with zero attached hydrogens (tertiary/aromatic N) is 4. The van der Waals surface area contributed by atoms with Gasteiger partial charge in [0.25, 0.3) is 5.91 Å². The Bertz CT molecular complexity index is 943. The number of nitrogens with one attached hydrogen (secondary N) is 2. The van der Waals surface area contributed by atoms with Crippen LogP contribution in [0.2, 0.25) is 0 Å². The van der Waals surface area contributed by atoms with Crippen LogP contribution >= 0.6 is 0 Å². The van der Waals surface area contributed by atoms with Gasteiger partial charge in [-0.25, -0.2) is 0 Å². The van der Waals surface area contributed by atoms with E-state index >= 15 is 0 Å². The summed E-state index contributed by atoms with van der Waals surface area (Å²) in [6.45, 7) is 9.00. The standard InChI is InChI=1S/C22H29N7O2/c1-4-18(30)29-12-6-5-7-17(29)13-24-22-26-21(19(20(23)31)27-28-22)25-16-10-8-15(9-11-16)14(2)3/h4,8-11,14,17H,1,5-7,12-13H2,2-3H3,(H2,23,31)(H2,24,25,26,28). The summed E-state index contributed by atoms with van der Waals surface area (Å²) in [6.07, 6.45) is 4.24. The summed E-state index contributed by atoms with van der Waals surface area (Å²) < 4.78 is 0. The summed E-state index contributed by atoms with van der Waals surface area (Å²) in [5, 5.41) is 14.2. The molecule has 2 heterocycles. The molecule has 1 aromatic heterocycles. The molecule has 3 rings (SSSR count). The molecule has 9 nitrogen and oxygen atoms in total. The van der Waals surface area contributed by atoms with Crippen LogP contribution in [0.5, 0.6) is 0 Å². The Morgan fingerprint density at radius 1 is 1.26 bits per heavy atom. The lowest BCUT2D eigenvalue weighted by Crippen LogP contribution is -2.46. The number of carbonyl (C=O) groups excluding carboxylic acids is 2. The van der Waals surface area contributed by atoms with Crippen molar-refractivity contribution in [3.63, 3.8) is 0 Å². The topological polar surface area (TPSA) is 126 Å². The van der Waals surface area contributed by atoms with Crippen LogP contribution in [-0.2, 0) is 4.79 Å². The van der Waals surface area contributed by atoms with Crippen LogP contribution in [0.4, 0.5) is 17.5 Å². The van der Waals surface area contributed by atoms with Crippen LogP contribution in [-0.4, -0.2) is 51.0 Å². The largest absolute Gasteiger partial charge is 0.364 e. The van der Waals surface area contributed by atoms with E-state index in [1.165, 1.54) is 11.6 Å². The molecule has 1 saturated heterocycles. The highest BCUT2D eigenvalue weighted by atomic mass is 16.2. The minimum absolute atomic E-state index is 0.0126. The van der Waals surface area contributed by atoms with E-state index < -0.39 is 5.91 Å². The van der Waals surface area contributed by atoms with Crippen molar-refractivity contribution < 1.29 is 9.59 Å². The van der Waals surface area contributed by atoms with E-state index in [4.69, 9.17) is 5.73 Å². The van der Waals surface area contributed by atoms with Gasteiger partial charge in [-0.1, -0.05) is 32.6 Å². The molecule has 1 aliphatic heterocycles. The van der Waals surface area contributed by atoms with Crippen molar-refractivity contribution in [3.8, 4) is 0 Å². The zero-order valence-electron chi connectivity index (χ0n) is 18.0. The number of primary amides is 1. The number of rotatable bonds is 8. The zero-order chi connectivity index (χ0) is 22.4. The number of aromatic nitrogens is 3. The molecule has 1 unspecified atom stereocenters. The molecule has 4 N–H and O–H groups in total. The predicted octanol–water partition coefficient (Wildman–Crippen LogP) is 2.82. The van der Waals surface area contributed by atoms with E-state index in [0.717, 1.165) is 24.9 Å². The second kappa shape index (κ2) is 10.0. The van der Waals surface area contributed by atoms with Gasteiger partial charge in [0.15, 0.2) is 11.5 Å². The molecular formula is C22H29N7O2. The second-order valence-electron chi connectivity index (χ2n) is 7.86. The summed E-state index contributed by atoms with van der Waals surface area (Å²) in [7, 11) is 0. The number of carbonyl (C=O) groups is 2. The molecule has 1 fully saturated rings. The number of hydrogen-bond donors (Lipinski definition) is 3. The number of likely N-dealkylation sites (tertiary alicyclic amines) is 1. The highest BCUT2D eigenvalue weighted by molar-refractivity contribution is 5.96. The number of benzene rings is 1. The Kier molecular flexibility index (Phi) is 7.17. The third kappa shape index (κ3) is 5.56. The minimum atomic E-state index is -0.720. The molecule has 0 spiro atoms. The van der Waals surface area contributed by atoms with Crippen molar-refractivity contribution in [2.45, 2.75) is 45.1 Å². The Labute approximate surface area is 182 Å². The lowest BCUT2D eigenvalue weighted by molar-refractivity contribution is -0.129. The molecule has 0 saturated carbocycles. The number of hydrogen-bond acceptors (Lipinski definition) is 7. The van der Waals surface area contributed by atoms with Crippen LogP contribution in [0.1, 0.15) is 55.1 Å². The summed E-state index contributed by atoms with van der Waals surface area (Å²) in [5.41, 5.74) is 7.36. The molecule has 9 heteroatoms. The third-order valence-corrected chi connectivity index (χ3v) is 5.34. The Balaban J connectivity index is 1.75. The Morgan fingerprint density at radius 3 is 2.65 bits per heavy atom. The first-order valence-electron chi connectivity index (χ1n) is 10.5. The highest BCUT2D eigenvalue weighted by Gasteiger charge is 2.25. The van der Waals surface area contributed by atoms with Gasteiger partial charge >= 0.3 is 0 Å². The lowest BCUT2D eigenvalue weighted by atomic mass is 10.0. The van der Waals surface area contributed by atoms with Crippen molar-refractivity contribution in [1.29, 1.82) is 0 Å². The molecule has 2 amide bonds. The predicted molar refractivity (Wildman–Crippen MR) is 120 cm³/mol. The second-order valence-corrected chi connectivity index (χ2v) is 7.86. The number of piperidine rings is 1. The van der Waals surface area contributed by atoms with Crippen molar-refractivity contribution in [2.75, 3.05) is 23.7 Å².